The normalized spacial score (nSPS) is 21.6. The Morgan fingerprint density at radius 1 is 1.57 bits per heavy atom. The SMILES string of the molecule is CCC[C@H](N)C(=O)N1CC(O)(CC)C1. The lowest BCUT2D eigenvalue weighted by molar-refractivity contribution is -0.157. The molecule has 3 N–H and O–H groups in total. The molecule has 1 atom stereocenters. The summed E-state index contributed by atoms with van der Waals surface area (Å²) < 4.78 is 0. The number of hydrogen-bond donors (Lipinski definition) is 2. The van der Waals surface area contributed by atoms with Crippen molar-refractivity contribution in [3.63, 3.8) is 0 Å². The third-order valence-corrected chi connectivity index (χ3v) is 2.86. The number of carbonyl (C=O) groups excluding carboxylic acids is 1. The minimum absolute atomic E-state index is 0.0232. The minimum atomic E-state index is -0.651. The molecule has 14 heavy (non-hydrogen) atoms. The fourth-order valence-corrected chi connectivity index (χ4v) is 1.71. The molecule has 82 valence electrons. The van der Waals surface area contributed by atoms with Crippen molar-refractivity contribution in [1.29, 1.82) is 0 Å². The summed E-state index contributed by atoms with van der Waals surface area (Å²) in [6.07, 6.45) is 2.33. The number of amides is 1. The molecule has 0 radical (unpaired) electrons. The zero-order valence-electron chi connectivity index (χ0n) is 8.99. The summed E-state index contributed by atoms with van der Waals surface area (Å²) >= 11 is 0. The number of rotatable bonds is 4. The zero-order valence-corrected chi connectivity index (χ0v) is 8.99. The molecule has 1 amide bonds. The number of carbonyl (C=O) groups is 1. The molecule has 0 aromatic heterocycles. The second-order valence-electron chi connectivity index (χ2n) is 4.17. The highest BCUT2D eigenvalue weighted by Crippen LogP contribution is 2.24. The molecule has 1 fully saturated rings. The summed E-state index contributed by atoms with van der Waals surface area (Å²) in [5.74, 6) is -0.0232. The lowest BCUT2D eigenvalue weighted by Crippen LogP contribution is -2.65. The standard InChI is InChI=1S/C10H20N2O2/c1-3-5-8(11)9(13)12-6-10(14,4-2)7-12/h8,14H,3-7,11H2,1-2H3/t8-/m0/s1. The highest BCUT2D eigenvalue weighted by atomic mass is 16.3. The van der Waals surface area contributed by atoms with Gasteiger partial charge in [0, 0.05) is 0 Å². The van der Waals surface area contributed by atoms with Gasteiger partial charge in [-0.2, -0.15) is 0 Å². The topological polar surface area (TPSA) is 66.6 Å². The van der Waals surface area contributed by atoms with Crippen LogP contribution in [0.15, 0.2) is 0 Å². The molecular formula is C10H20N2O2. The smallest absolute Gasteiger partial charge is 0.239 e. The summed E-state index contributed by atoms with van der Waals surface area (Å²) in [6, 6.07) is -0.388. The van der Waals surface area contributed by atoms with E-state index < -0.39 is 5.60 Å². The van der Waals surface area contributed by atoms with Crippen molar-refractivity contribution >= 4 is 5.91 Å². The van der Waals surface area contributed by atoms with E-state index in [1.54, 1.807) is 4.90 Å². The van der Waals surface area contributed by atoms with E-state index in [9.17, 15) is 9.90 Å². The maximum absolute atomic E-state index is 11.6. The van der Waals surface area contributed by atoms with Crippen molar-refractivity contribution in [2.45, 2.75) is 44.8 Å². The first-order chi connectivity index (χ1) is 6.52. The second kappa shape index (κ2) is 4.28. The first kappa shape index (κ1) is 11.5. The van der Waals surface area contributed by atoms with Gasteiger partial charge in [0.1, 0.15) is 0 Å². The van der Waals surface area contributed by atoms with E-state index in [0.717, 1.165) is 12.8 Å². The second-order valence-corrected chi connectivity index (χ2v) is 4.17. The molecule has 1 rings (SSSR count). The van der Waals surface area contributed by atoms with Gasteiger partial charge < -0.3 is 15.7 Å². The molecule has 1 heterocycles. The van der Waals surface area contributed by atoms with Crippen molar-refractivity contribution in [3.8, 4) is 0 Å². The summed E-state index contributed by atoms with van der Waals surface area (Å²) in [6.45, 7) is 4.82. The summed E-state index contributed by atoms with van der Waals surface area (Å²) in [5.41, 5.74) is 5.04. The van der Waals surface area contributed by atoms with Crippen LogP contribution in [-0.4, -0.2) is 40.6 Å². The van der Waals surface area contributed by atoms with E-state index in [4.69, 9.17) is 5.73 Å². The van der Waals surface area contributed by atoms with Crippen molar-refractivity contribution in [1.82, 2.24) is 4.90 Å². The number of nitrogens with zero attached hydrogens (tertiary/aromatic N) is 1. The Bertz CT molecular complexity index is 212. The molecule has 1 saturated heterocycles. The van der Waals surface area contributed by atoms with Crippen molar-refractivity contribution in [2.75, 3.05) is 13.1 Å². The third-order valence-electron chi connectivity index (χ3n) is 2.86. The van der Waals surface area contributed by atoms with Crippen LogP contribution < -0.4 is 5.73 Å². The maximum atomic E-state index is 11.6. The Hall–Kier alpha value is -0.610. The van der Waals surface area contributed by atoms with Gasteiger partial charge in [-0.1, -0.05) is 20.3 Å². The highest BCUT2D eigenvalue weighted by Gasteiger charge is 2.42. The van der Waals surface area contributed by atoms with Crippen LogP contribution >= 0.6 is 0 Å². The molecule has 0 aromatic carbocycles. The van der Waals surface area contributed by atoms with Crippen LogP contribution in [0, 0.1) is 0 Å². The van der Waals surface area contributed by atoms with Gasteiger partial charge in [-0.05, 0) is 12.8 Å². The Kier molecular flexibility index (Phi) is 3.50. The average Bonchev–Trinajstić information content (AvgIpc) is 2.12. The Labute approximate surface area is 85.1 Å². The minimum Gasteiger partial charge on any atom is -0.386 e. The van der Waals surface area contributed by atoms with E-state index in [2.05, 4.69) is 0 Å². The van der Waals surface area contributed by atoms with Crippen LogP contribution in [0.4, 0.5) is 0 Å². The number of aliphatic hydroxyl groups is 1. The Balaban J connectivity index is 2.36. The zero-order chi connectivity index (χ0) is 10.8. The molecular weight excluding hydrogens is 180 g/mol. The quantitative estimate of drug-likeness (QED) is 0.676. The molecule has 4 nitrogen and oxygen atoms in total. The Morgan fingerprint density at radius 3 is 2.57 bits per heavy atom. The number of likely N-dealkylation sites (tertiary alicyclic amines) is 1. The summed E-state index contributed by atoms with van der Waals surface area (Å²) in [7, 11) is 0. The number of nitrogens with two attached hydrogens (primary N) is 1. The molecule has 0 aliphatic carbocycles. The van der Waals surface area contributed by atoms with Gasteiger partial charge in [0.2, 0.25) is 5.91 Å². The molecule has 0 spiro atoms. The van der Waals surface area contributed by atoms with Crippen molar-refractivity contribution in [3.05, 3.63) is 0 Å². The van der Waals surface area contributed by atoms with Crippen LogP contribution in [-0.2, 0) is 4.79 Å². The number of β-amino-alcohol motifs (C(OH)–C–C–N with tert-alkyl or cyclic N) is 1. The lowest BCUT2D eigenvalue weighted by Gasteiger charge is -2.46. The van der Waals surface area contributed by atoms with Crippen LogP contribution in [0.25, 0.3) is 0 Å². The van der Waals surface area contributed by atoms with E-state index in [1.165, 1.54) is 0 Å². The monoisotopic (exact) mass is 200 g/mol. The summed E-state index contributed by atoms with van der Waals surface area (Å²) in [5, 5.41) is 9.72. The van der Waals surface area contributed by atoms with Crippen molar-refractivity contribution < 1.29 is 9.90 Å². The number of hydrogen-bond acceptors (Lipinski definition) is 3. The van der Waals surface area contributed by atoms with Gasteiger partial charge in [-0.15, -0.1) is 0 Å². The predicted octanol–water partition coefficient (Wildman–Crippen LogP) is 0.0971. The van der Waals surface area contributed by atoms with Crippen LogP contribution in [0.5, 0.6) is 0 Å². The first-order valence-corrected chi connectivity index (χ1v) is 5.29. The molecule has 0 bridgehead atoms. The fraction of sp³-hybridized carbons (Fsp3) is 0.900. The van der Waals surface area contributed by atoms with Gasteiger partial charge in [0.25, 0.3) is 0 Å². The van der Waals surface area contributed by atoms with Gasteiger partial charge in [0.15, 0.2) is 0 Å². The molecule has 0 aromatic rings. The maximum Gasteiger partial charge on any atom is 0.239 e. The van der Waals surface area contributed by atoms with Crippen molar-refractivity contribution in [2.24, 2.45) is 5.73 Å². The average molecular weight is 200 g/mol. The third kappa shape index (κ3) is 2.25. The first-order valence-electron chi connectivity index (χ1n) is 5.29. The largest absolute Gasteiger partial charge is 0.386 e. The Morgan fingerprint density at radius 2 is 2.14 bits per heavy atom. The van der Waals surface area contributed by atoms with Gasteiger partial charge in [-0.25, -0.2) is 0 Å². The van der Waals surface area contributed by atoms with Gasteiger partial charge in [-0.3, -0.25) is 4.79 Å². The lowest BCUT2D eigenvalue weighted by atomic mass is 9.90. The molecule has 1 aliphatic heterocycles. The highest BCUT2D eigenvalue weighted by molar-refractivity contribution is 5.82. The van der Waals surface area contributed by atoms with E-state index >= 15 is 0 Å². The van der Waals surface area contributed by atoms with Crippen LogP contribution in [0.2, 0.25) is 0 Å². The molecule has 0 unspecified atom stereocenters. The fourth-order valence-electron chi connectivity index (χ4n) is 1.71. The van der Waals surface area contributed by atoms with Gasteiger partial charge in [0.05, 0.1) is 24.7 Å². The predicted molar refractivity (Wildman–Crippen MR) is 54.7 cm³/mol. The van der Waals surface area contributed by atoms with Crippen LogP contribution in [0.3, 0.4) is 0 Å². The molecule has 0 saturated carbocycles. The van der Waals surface area contributed by atoms with E-state index in [0.29, 0.717) is 19.5 Å². The van der Waals surface area contributed by atoms with E-state index in [-0.39, 0.29) is 11.9 Å². The van der Waals surface area contributed by atoms with Gasteiger partial charge >= 0.3 is 0 Å². The van der Waals surface area contributed by atoms with E-state index in [1.807, 2.05) is 13.8 Å². The molecule has 1 aliphatic rings. The molecule has 4 heteroatoms. The summed E-state index contributed by atoms with van der Waals surface area (Å²) in [4.78, 5) is 13.3. The van der Waals surface area contributed by atoms with Crippen LogP contribution in [0.1, 0.15) is 33.1 Å².